The molecule has 78 valence electrons. The molecule has 1 saturated heterocycles. The molecule has 0 bridgehead atoms. The van der Waals surface area contributed by atoms with Crippen LogP contribution in [0.4, 0.5) is 0 Å². The standard InChI is InChI=1S/C9H15N3O2/c10-11-8(14)3-7-4-12(5-7)9(6-13)1-2-9/h6-7H,1-5,10H2,(H,11,14). The molecule has 14 heavy (non-hydrogen) atoms. The highest BCUT2D eigenvalue weighted by atomic mass is 16.2. The third kappa shape index (κ3) is 1.53. The van der Waals surface area contributed by atoms with E-state index in [0.29, 0.717) is 12.3 Å². The van der Waals surface area contributed by atoms with Crippen molar-refractivity contribution in [2.24, 2.45) is 11.8 Å². The molecule has 0 atom stereocenters. The minimum absolute atomic E-state index is 0.120. The molecular formula is C9H15N3O2. The summed E-state index contributed by atoms with van der Waals surface area (Å²) in [6.45, 7) is 1.71. The third-order valence-electron chi connectivity index (χ3n) is 3.20. The highest BCUT2D eigenvalue weighted by molar-refractivity contribution is 5.75. The van der Waals surface area contributed by atoms with Crippen molar-refractivity contribution >= 4 is 12.2 Å². The predicted octanol–water partition coefficient (Wildman–Crippen LogP) is -0.970. The van der Waals surface area contributed by atoms with Crippen LogP contribution in [0.1, 0.15) is 19.3 Å². The van der Waals surface area contributed by atoms with Crippen molar-refractivity contribution in [1.82, 2.24) is 10.3 Å². The summed E-state index contributed by atoms with van der Waals surface area (Å²) in [6, 6.07) is 0. The zero-order valence-electron chi connectivity index (χ0n) is 8.03. The molecule has 2 rings (SSSR count). The minimum Gasteiger partial charge on any atom is -0.301 e. The van der Waals surface area contributed by atoms with Crippen molar-refractivity contribution < 1.29 is 9.59 Å². The summed E-state index contributed by atoms with van der Waals surface area (Å²) < 4.78 is 0. The summed E-state index contributed by atoms with van der Waals surface area (Å²) in [5.41, 5.74) is 1.96. The fourth-order valence-electron chi connectivity index (χ4n) is 2.02. The van der Waals surface area contributed by atoms with Crippen LogP contribution in [0.5, 0.6) is 0 Å². The normalized spacial score (nSPS) is 25.2. The predicted molar refractivity (Wildman–Crippen MR) is 50.0 cm³/mol. The van der Waals surface area contributed by atoms with E-state index >= 15 is 0 Å². The van der Waals surface area contributed by atoms with Crippen LogP contribution < -0.4 is 11.3 Å². The summed E-state index contributed by atoms with van der Waals surface area (Å²) in [7, 11) is 0. The molecule has 0 aromatic carbocycles. The topological polar surface area (TPSA) is 75.4 Å². The number of nitrogens with two attached hydrogens (primary N) is 1. The molecule has 5 nitrogen and oxygen atoms in total. The maximum absolute atomic E-state index is 10.9. The molecule has 2 fully saturated rings. The fraction of sp³-hybridized carbons (Fsp3) is 0.778. The van der Waals surface area contributed by atoms with E-state index in [1.807, 2.05) is 0 Å². The lowest BCUT2D eigenvalue weighted by Crippen LogP contribution is -2.55. The van der Waals surface area contributed by atoms with Crippen LogP contribution in [-0.4, -0.2) is 35.7 Å². The number of aldehydes is 1. The highest BCUT2D eigenvalue weighted by Crippen LogP contribution is 2.43. The van der Waals surface area contributed by atoms with Crippen LogP contribution in [0, 0.1) is 5.92 Å². The Bertz CT molecular complexity index is 257. The van der Waals surface area contributed by atoms with Gasteiger partial charge in [0.2, 0.25) is 5.91 Å². The minimum atomic E-state index is -0.157. The summed E-state index contributed by atoms with van der Waals surface area (Å²) in [5, 5.41) is 0. The van der Waals surface area contributed by atoms with Gasteiger partial charge in [-0.25, -0.2) is 5.84 Å². The maximum Gasteiger partial charge on any atom is 0.234 e. The van der Waals surface area contributed by atoms with Gasteiger partial charge < -0.3 is 4.79 Å². The van der Waals surface area contributed by atoms with E-state index in [-0.39, 0.29) is 11.4 Å². The Balaban J connectivity index is 1.74. The number of carbonyl (C=O) groups is 2. The van der Waals surface area contributed by atoms with E-state index in [2.05, 4.69) is 10.3 Å². The number of nitrogens with one attached hydrogen (secondary N) is 1. The second-order valence-corrected chi connectivity index (χ2v) is 4.26. The molecule has 1 heterocycles. The maximum atomic E-state index is 10.9. The van der Waals surface area contributed by atoms with Gasteiger partial charge in [0.15, 0.2) is 0 Å². The molecule has 2 aliphatic rings. The van der Waals surface area contributed by atoms with Crippen molar-refractivity contribution in [1.29, 1.82) is 0 Å². The number of amides is 1. The van der Waals surface area contributed by atoms with Crippen LogP contribution in [0.3, 0.4) is 0 Å². The van der Waals surface area contributed by atoms with Crippen LogP contribution in [0.25, 0.3) is 0 Å². The Hall–Kier alpha value is -0.940. The first-order valence-corrected chi connectivity index (χ1v) is 4.91. The smallest absolute Gasteiger partial charge is 0.234 e. The van der Waals surface area contributed by atoms with Crippen molar-refractivity contribution in [3.05, 3.63) is 0 Å². The van der Waals surface area contributed by atoms with Crippen LogP contribution in [-0.2, 0) is 9.59 Å². The second-order valence-electron chi connectivity index (χ2n) is 4.26. The first kappa shape index (κ1) is 9.61. The molecule has 0 radical (unpaired) electrons. The number of nitrogens with zero attached hydrogens (tertiary/aromatic N) is 1. The third-order valence-corrected chi connectivity index (χ3v) is 3.20. The van der Waals surface area contributed by atoms with Gasteiger partial charge in [0.1, 0.15) is 6.29 Å². The Labute approximate surface area is 82.6 Å². The van der Waals surface area contributed by atoms with Gasteiger partial charge in [-0.15, -0.1) is 0 Å². The number of carbonyl (C=O) groups excluding carboxylic acids is 2. The molecule has 1 amide bonds. The van der Waals surface area contributed by atoms with Crippen molar-refractivity contribution in [3.63, 3.8) is 0 Å². The van der Waals surface area contributed by atoms with Gasteiger partial charge in [-0.05, 0) is 18.8 Å². The Morgan fingerprint density at radius 2 is 2.21 bits per heavy atom. The largest absolute Gasteiger partial charge is 0.301 e. The highest BCUT2D eigenvalue weighted by Gasteiger charge is 2.52. The van der Waals surface area contributed by atoms with Gasteiger partial charge in [-0.2, -0.15) is 0 Å². The molecular weight excluding hydrogens is 182 g/mol. The van der Waals surface area contributed by atoms with Gasteiger partial charge in [0, 0.05) is 19.5 Å². The summed E-state index contributed by atoms with van der Waals surface area (Å²) >= 11 is 0. The zero-order chi connectivity index (χ0) is 10.2. The number of likely N-dealkylation sites (tertiary alicyclic amines) is 1. The van der Waals surface area contributed by atoms with E-state index in [1.165, 1.54) is 0 Å². The lowest BCUT2D eigenvalue weighted by atomic mass is 9.93. The van der Waals surface area contributed by atoms with E-state index in [4.69, 9.17) is 5.84 Å². The average molecular weight is 197 g/mol. The van der Waals surface area contributed by atoms with Crippen LogP contribution >= 0.6 is 0 Å². The SMILES string of the molecule is NNC(=O)CC1CN(C2(C=O)CC2)C1. The first-order chi connectivity index (χ1) is 6.70. The van der Waals surface area contributed by atoms with Gasteiger partial charge in [-0.3, -0.25) is 15.1 Å². The molecule has 0 spiro atoms. The van der Waals surface area contributed by atoms with Crippen molar-refractivity contribution in [2.45, 2.75) is 24.8 Å². The van der Waals surface area contributed by atoms with Crippen molar-refractivity contribution in [3.8, 4) is 0 Å². The molecule has 5 heteroatoms. The quantitative estimate of drug-likeness (QED) is 0.263. The summed E-state index contributed by atoms with van der Waals surface area (Å²) in [4.78, 5) is 23.9. The average Bonchev–Trinajstić information content (AvgIpc) is 2.91. The van der Waals surface area contributed by atoms with E-state index in [9.17, 15) is 9.59 Å². The Morgan fingerprint density at radius 3 is 2.64 bits per heavy atom. The molecule has 0 unspecified atom stereocenters. The van der Waals surface area contributed by atoms with Gasteiger partial charge >= 0.3 is 0 Å². The molecule has 1 aliphatic heterocycles. The van der Waals surface area contributed by atoms with Gasteiger partial charge in [-0.1, -0.05) is 0 Å². The van der Waals surface area contributed by atoms with Gasteiger partial charge in [0.05, 0.1) is 5.54 Å². The summed E-state index contributed by atoms with van der Waals surface area (Å²) in [5.74, 6) is 5.24. The fourth-order valence-corrected chi connectivity index (χ4v) is 2.02. The summed E-state index contributed by atoms with van der Waals surface area (Å²) in [6.07, 6.45) is 3.48. The molecule has 0 aromatic heterocycles. The van der Waals surface area contributed by atoms with E-state index in [0.717, 1.165) is 32.2 Å². The monoisotopic (exact) mass is 197 g/mol. The first-order valence-electron chi connectivity index (χ1n) is 4.91. The van der Waals surface area contributed by atoms with Crippen molar-refractivity contribution in [2.75, 3.05) is 13.1 Å². The molecule has 3 N–H and O–H groups in total. The second kappa shape index (κ2) is 3.33. The Morgan fingerprint density at radius 1 is 1.57 bits per heavy atom. The number of rotatable bonds is 4. The van der Waals surface area contributed by atoms with E-state index < -0.39 is 0 Å². The molecule has 1 saturated carbocycles. The Kier molecular flexibility index (Phi) is 2.28. The number of hydrazine groups is 1. The molecule has 0 aromatic rings. The number of hydrogen-bond donors (Lipinski definition) is 2. The lowest BCUT2D eigenvalue weighted by Gasteiger charge is -2.42. The lowest BCUT2D eigenvalue weighted by molar-refractivity contribution is -0.124. The van der Waals surface area contributed by atoms with Gasteiger partial charge in [0.25, 0.3) is 0 Å². The van der Waals surface area contributed by atoms with E-state index in [1.54, 1.807) is 0 Å². The number of hydrogen-bond acceptors (Lipinski definition) is 4. The van der Waals surface area contributed by atoms with Crippen LogP contribution in [0.2, 0.25) is 0 Å². The zero-order valence-corrected chi connectivity index (χ0v) is 8.03. The van der Waals surface area contributed by atoms with Crippen LogP contribution in [0.15, 0.2) is 0 Å². The molecule has 1 aliphatic carbocycles.